The van der Waals surface area contributed by atoms with Crippen molar-refractivity contribution in [1.29, 1.82) is 5.26 Å². The van der Waals surface area contributed by atoms with Crippen molar-refractivity contribution in [1.82, 2.24) is 0 Å². The van der Waals surface area contributed by atoms with E-state index in [1.165, 1.54) is 0 Å². The van der Waals surface area contributed by atoms with Crippen LogP contribution in [0.5, 0.6) is 0 Å². The Balaban J connectivity index is 2.64. The highest BCUT2D eigenvalue weighted by molar-refractivity contribution is 6.08. The molecule has 2 rings (SSSR count). The van der Waals surface area contributed by atoms with E-state index in [1.54, 1.807) is 6.07 Å². The average molecular weight is 241 g/mol. The standard InChI is InChI=1S/C15H15NO2/c1-15(2,3)10-5-4-9-6-13(17)12(8-16)14(18)11(9)7-10/h4-5,7,18H,6H2,1-3H3. The molecule has 0 spiro atoms. The first-order valence-electron chi connectivity index (χ1n) is 5.85. The second kappa shape index (κ2) is 3.99. The summed E-state index contributed by atoms with van der Waals surface area (Å²) in [4.78, 5) is 11.6. The molecule has 0 fully saturated rings. The molecule has 0 unspecified atom stereocenters. The maximum absolute atomic E-state index is 11.6. The van der Waals surface area contributed by atoms with Crippen molar-refractivity contribution in [2.24, 2.45) is 0 Å². The topological polar surface area (TPSA) is 61.1 Å². The Morgan fingerprint density at radius 1 is 1.33 bits per heavy atom. The number of carbonyl (C=O) groups is 1. The molecule has 1 aromatic carbocycles. The SMILES string of the molecule is CC(C)(C)c1ccc2c(c1)C(O)=C(C#N)C(=O)C2. The number of aliphatic hydroxyl groups is 1. The predicted molar refractivity (Wildman–Crippen MR) is 69.0 cm³/mol. The molecule has 0 aliphatic heterocycles. The summed E-state index contributed by atoms with van der Waals surface area (Å²) in [5, 5.41) is 18.9. The summed E-state index contributed by atoms with van der Waals surface area (Å²) in [6.45, 7) is 6.23. The smallest absolute Gasteiger partial charge is 0.181 e. The van der Waals surface area contributed by atoms with E-state index >= 15 is 0 Å². The number of aliphatic hydroxyl groups excluding tert-OH is 1. The fourth-order valence-corrected chi connectivity index (χ4v) is 2.06. The van der Waals surface area contributed by atoms with Crippen LogP contribution in [0.25, 0.3) is 5.76 Å². The minimum Gasteiger partial charge on any atom is -0.506 e. The van der Waals surface area contributed by atoms with Crippen LogP contribution in [-0.2, 0) is 16.6 Å². The molecule has 92 valence electrons. The van der Waals surface area contributed by atoms with Gasteiger partial charge in [-0.15, -0.1) is 0 Å². The number of ketones is 1. The molecule has 0 radical (unpaired) electrons. The molecule has 1 aromatic rings. The zero-order valence-corrected chi connectivity index (χ0v) is 10.7. The molecule has 0 aromatic heterocycles. The highest BCUT2D eigenvalue weighted by Crippen LogP contribution is 2.32. The van der Waals surface area contributed by atoms with Gasteiger partial charge in [-0.1, -0.05) is 32.9 Å². The summed E-state index contributed by atoms with van der Waals surface area (Å²) in [5.74, 6) is -0.499. The molecule has 0 amide bonds. The summed E-state index contributed by atoms with van der Waals surface area (Å²) in [7, 11) is 0. The van der Waals surface area contributed by atoms with Crippen molar-refractivity contribution in [3.63, 3.8) is 0 Å². The van der Waals surface area contributed by atoms with Crippen molar-refractivity contribution in [2.45, 2.75) is 32.6 Å². The van der Waals surface area contributed by atoms with Gasteiger partial charge in [-0.2, -0.15) is 5.26 Å². The lowest BCUT2D eigenvalue weighted by Gasteiger charge is -2.23. The first-order valence-corrected chi connectivity index (χ1v) is 5.85. The van der Waals surface area contributed by atoms with Gasteiger partial charge in [-0.05, 0) is 22.6 Å². The normalized spacial score (nSPS) is 15.3. The third-order valence-electron chi connectivity index (χ3n) is 3.21. The van der Waals surface area contributed by atoms with E-state index in [-0.39, 0.29) is 29.0 Å². The molecule has 1 N–H and O–H groups in total. The Morgan fingerprint density at radius 2 is 2.00 bits per heavy atom. The number of carbonyl (C=O) groups excluding carboxylic acids is 1. The summed E-state index contributed by atoms with van der Waals surface area (Å²) in [6.07, 6.45) is 0.187. The van der Waals surface area contributed by atoms with Gasteiger partial charge in [-0.3, -0.25) is 4.79 Å². The van der Waals surface area contributed by atoms with Crippen LogP contribution < -0.4 is 0 Å². The number of nitrogens with zero attached hydrogens (tertiary/aromatic N) is 1. The van der Waals surface area contributed by atoms with Gasteiger partial charge in [0.1, 0.15) is 17.4 Å². The van der Waals surface area contributed by atoms with E-state index in [9.17, 15) is 9.90 Å². The lowest BCUT2D eigenvalue weighted by molar-refractivity contribution is -0.114. The lowest BCUT2D eigenvalue weighted by atomic mass is 9.82. The molecule has 3 nitrogen and oxygen atoms in total. The minimum absolute atomic E-state index is 0.0381. The minimum atomic E-state index is -0.314. The quantitative estimate of drug-likeness (QED) is 0.759. The molecule has 0 atom stereocenters. The summed E-state index contributed by atoms with van der Waals surface area (Å²) >= 11 is 0. The van der Waals surface area contributed by atoms with Gasteiger partial charge in [0.2, 0.25) is 0 Å². The number of Topliss-reactive ketones (excluding diaryl/α,β-unsaturated/α-hetero) is 1. The predicted octanol–water partition coefficient (Wildman–Crippen LogP) is 2.90. The van der Waals surface area contributed by atoms with Crippen molar-refractivity contribution < 1.29 is 9.90 Å². The second-order valence-corrected chi connectivity index (χ2v) is 5.56. The van der Waals surface area contributed by atoms with Crippen LogP contribution in [0, 0.1) is 11.3 Å². The van der Waals surface area contributed by atoms with E-state index in [0.29, 0.717) is 5.56 Å². The monoisotopic (exact) mass is 241 g/mol. The number of fused-ring (bicyclic) bond motifs is 1. The van der Waals surface area contributed by atoms with Crippen LogP contribution >= 0.6 is 0 Å². The number of benzene rings is 1. The van der Waals surface area contributed by atoms with Gasteiger partial charge in [0.05, 0.1) is 0 Å². The molecule has 1 aliphatic rings. The molecule has 1 aliphatic carbocycles. The Kier molecular flexibility index (Phi) is 2.74. The number of hydrogen-bond acceptors (Lipinski definition) is 3. The van der Waals surface area contributed by atoms with E-state index in [0.717, 1.165) is 11.1 Å². The van der Waals surface area contributed by atoms with Crippen molar-refractivity contribution in [3.05, 3.63) is 40.5 Å². The van der Waals surface area contributed by atoms with E-state index in [2.05, 4.69) is 20.8 Å². The van der Waals surface area contributed by atoms with Crippen LogP contribution in [0.2, 0.25) is 0 Å². The Bertz CT molecular complexity index is 598. The van der Waals surface area contributed by atoms with Gasteiger partial charge >= 0.3 is 0 Å². The van der Waals surface area contributed by atoms with Crippen LogP contribution in [0.1, 0.15) is 37.5 Å². The first kappa shape index (κ1) is 12.4. The first-order chi connectivity index (χ1) is 8.34. The number of nitriles is 1. The van der Waals surface area contributed by atoms with Crippen LogP contribution in [0.15, 0.2) is 23.8 Å². The summed E-state index contributed by atoms with van der Waals surface area (Å²) < 4.78 is 0. The molecule has 0 heterocycles. The highest BCUT2D eigenvalue weighted by atomic mass is 16.3. The largest absolute Gasteiger partial charge is 0.506 e. The average Bonchev–Trinajstić information content (AvgIpc) is 2.27. The zero-order chi connectivity index (χ0) is 13.5. The maximum Gasteiger partial charge on any atom is 0.181 e. The fraction of sp³-hybridized carbons (Fsp3) is 0.333. The van der Waals surface area contributed by atoms with Gasteiger partial charge in [-0.25, -0.2) is 0 Å². The van der Waals surface area contributed by atoms with E-state index in [4.69, 9.17) is 5.26 Å². The molecule has 0 saturated heterocycles. The summed E-state index contributed by atoms with van der Waals surface area (Å²) in [6, 6.07) is 7.48. The fourth-order valence-electron chi connectivity index (χ4n) is 2.06. The molecular weight excluding hydrogens is 226 g/mol. The van der Waals surface area contributed by atoms with Crippen LogP contribution in [-0.4, -0.2) is 10.9 Å². The zero-order valence-electron chi connectivity index (χ0n) is 10.7. The van der Waals surface area contributed by atoms with Gasteiger partial charge in [0.25, 0.3) is 0 Å². The third kappa shape index (κ3) is 1.91. The molecule has 0 saturated carbocycles. The Labute approximate surface area is 106 Å². The van der Waals surface area contributed by atoms with Crippen molar-refractivity contribution in [2.75, 3.05) is 0 Å². The van der Waals surface area contributed by atoms with Crippen LogP contribution in [0.3, 0.4) is 0 Å². The third-order valence-corrected chi connectivity index (χ3v) is 3.21. The number of rotatable bonds is 0. The Hall–Kier alpha value is -2.08. The number of allylic oxidation sites excluding steroid dienone is 1. The lowest BCUT2D eigenvalue weighted by Crippen LogP contribution is -2.17. The number of hydrogen-bond donors (Lipinski definition) is 1. The molecule has 0 bridgehead atoms. The molecular formula is C15H15NO2. The van der Waals surface area contributed by atoms with Gasteiger partial charge < -0.3 is 5.11 Å². The summed E-state index contributed by atoms with van der Waals surface area (Å²) in [5.41, 5.74) is 2.29. The molecule has 3 heteroatoms. The Morgan fingerprint density at radius 3 is 2.56 bits per heavy atom. The second-order valence-electron chi connectivity index (χ2n) is 5.56. The molecule has 18 heavy (non-hydrogen) atoms. The van der Waals surface area contributed by atoms with Gasteiger partial charge in [0.15, 0.2) is 5.78 Å². The van der Waals surface area contributed by atoms with Gasteiger partial charge in [0, 0.05) is 12.0 Å². The van der Waals surface area contributed by atoms with Crippen molar-refractivity contribution >= 4 is 11.5 Å². The maximum atomic E-state index is 11.6. The highest BCUT2D eigenvalue weighted by Gasteiger charge is 2.26. The van der Waals surface area contributed by atoms with Crippen molar-refractivity contribution in [3.8, 4) is 6.07 Å². The van der Waals surface area contributed by atoms with E-state index in [1.807, 2.05) is 18.2 Å². The van der Waals surface area contributed by atoms with E-state index < -0.39 is 0 Å². The van der Waals surface area contributed by atoms with Crippen LogP contribution in [0.4, 0.5) is 0 Å².